The molecule has 0 aliphatic carbocycles. The zero-order valence-electron chi connectivity index (χ0n) is 14.0. The van der Waals surface area contributed by atoms with Crippen LogP contribution in [-0.4, -0.2) is 9.97 Å². The molecule has 0 fully saturated rings. The minimum Gasteiger partial charge on any atom is -0.363 e. The number of rotatable bonds is 5. The van der Waals surface area contributed by atoms with Crippen LogP contribution in [0, 0.1) is 0 Å². The first-order valence-electron chi connectivity index (χ1n) is 8.01. The number of halogens is 3. The number of para-hydroxylation sites is 1. The van der Waals surface area contributed by atoms with Crippen molar-refractivity contribution in [2.45, 2.75) is 19.1 Å². The predicted molar refractivity (Wildman–Crippen MR) is 95.2 cm³/mol. The van der Waals surface area contributed by atoms with E-state index in [1.54, 1.807) is 6.07 Å². The fraction of sp³-hybridized carbons (Fsp3) is 0.158. The predicted octanol–water partition coefficient (Wildman–Crippen LogP) is 5.41. The van der Waals surface area contributed by atoms with E-state index in [-0.39, 0.29) is 17.7 Å². The van der Waals surface area contributed by atoms with E-state index in [4.69, 9.17) is 0 Å². The molecule has 3 aromatic rings. The van der Waals surface area contributed by atoms with E-state index < -0.39 is 11.7 Å². The van der Waals surface area contributed by atoms with Crippen LogP contribution in [-0.2, 0) is 6.18 Å². The summed E-state index contributed by atoms with van der Waals surface area (Å²) in [6.07, 6.45) is -2.97. The number of nitrogens with one attached hydrogen (secondary N) is 2. The van der Waals surface area contributed by atoms with E-state index in [2.05, 4.69) is 20.6 Å². The highest BCUT2D eigenvalue weighted by molar-refractivity contribution is 5.60. The van der Waals surface area contributed by atoms with Crippen LogP contribution in [0.3, 0.4) is 0 Å². The smallest absolute Gasteiger partial charge is 0.363 e. The lowest BCUT2D eigenvalue weighted by molar-refractivity contribution is -0.136. The van der Waals surface area contributed by atoms with Gasteiger partial charge in [-0.3, -0.25) is 0 Å². The van der Waals surface area contributed by atoms with Crippen LogP contribution in [0.15, 0.2) is 66.9 Å². The van der Waals surface area contributed by atoms with Crippen LogP contribution in [0.2, 0.25) is 0 Å². The summed E-state index contributed by atoms with van der Waals surface area (Å²) in [5.41, 5.74) is 0.218. The van der Waals surface area contributed by atoms with Crippen LogP contribution in [0.1, 0.15) is 24.1 Å². The van der Waals surface area contributed by atoms with Gasteiger partial charge in [-0.25, -0.2) is 4.98 Å². The molecule has 1 unspecified atom stereocenters. The van der Waals surface area contributed by atoms with Crippen LogP contribution in [0.5, 0.6) is 0 Å². The van der Waals surface area contributed by atoms with Crippen LogP contribution >= 0.6 is 0 Å². The molecule has 2 N–H and O–H groups in total. The van der Waals surface area contributed by atoms with Gasteiger partial charge in [0, 0.05) is 12.2 Å². The summed E-state index contributed by atoms with van der Waals surface area (Å²) in [5, 5.41) is 5.87. The minimum atomic E-state index is -4.46. The van der Waals surface area contributed by atoms with Crippen molar-refractivity contribution in [1.82, 2.24) is 9.97 Å². The van der Waals surface area contributed by atoms with Crippen molar-refractivity contribution in [3.05, 3.63) is 78.0 Å². The Balaban J connectivity index is 1.79. The lowest BCUT2D eigenvalue weighted by Crippen LogP contribution is -2.11. The molecule has 2 aromatic carbocycles. The molecule has 0 aliphatic heterocycles. The van der Waals surface area contributed by atoms with Gasteiger partial charge in [-0.15, -0.1) is 0 Å². The van der Waals surface area contributed by atoms with Gasteiger partial charge in [0.2, 0.25) is 5.95 Å². The molecule has 4 nitrogen and oxygen atoms in total. The molecule has 0 amide bonds. The monoisotopic (exact) mass is 358 g/mol. The molecule has 0 saturated heterocycles. The van der Waals surface area contributed by atoms with E-state index in [0.717, 1.165) is 11.6 Å². The quantitative estimate of drug-likeness (QED) is 0.640. The second-order valence-electron chi connectivity index (χ2n) is 5.71. The van der Waals surface area contributed by atoms with E-state index in [9.17, 15) is 13.2 Å². The lowest BCUT2D eigenvalue weighted by Gasteiger charge is -2.16. The number of hydrogen-bond donors (Lipinski definition) is 2. The van der Waals surface area contributed by atoms with Gasteiger partial charge in [-0.05, 0) is 30.7 Å². The highest BCUT2D eigenvalue weighted by atomic mass is 19.4. The van der Waals surface area contributed by atoms with Gasteiger partial charge in [-0.1, -0.05) is 42.5 Å². The Bertz CT molecular complexity index is 866. The average molecular weight is 358 g/mol. The van der Waals surface area contributed by atoms with Crippen LogP contribution in [0.25, 0.3) is 0 Å². The molecule has 134 valence electrons. The largest absolute Gasteiger partial charge is 0.418 e. The Morgan fingerprint density at radius 3 is 2.35 bits per heavy atom. The zero-order chi connectivity index (χ0) is 18.6. The minimum absolute atomic E-state index is 0.0126. The Labute approximate surface area is 149 Å². The number of hydrogen-bond acceptors (Lipinski definition) is 4. The Kier molecular flexibility index (Phi) is 5.06. The molecule has 0 radical (unpaired) electrons. The van der Waals surface area contributed by atoms with Gasteiger partial charge in [0.25, 0.3) is 0 Å². The number of aromatic nitrogens is 2. The summed E-state index contributed by atoms with van der Waals surface area (Å²) in [5.74, 6) is 0.607. The standard InChI is InChI=1S/C19H17F3N4/c1-13(14-7-3-2-4-8-14)24-17-11-12-23-18(26-17)25-16-10-6-5-9-15(16)19(20,21)22/h2-13H,1H3,(H2,23,24,25,26). The normalized spacial score (nSPS) is 12.5. The summed E-state index contributed by atoms with van der Waals surface area (Å²) in [7, 11) is 0. The fourth-order valence-corrected chi connectivity index (χ4v) is 2.51. The van der Waals surface area contributed by atoms with Crippen molar-refractivity contribution in [3.63, 3.8) is 0 Å². The fourth-order valence-electron chi connectivity index (χ4n) is 2.51. The number of anilines is 3. The van der Waals surface area contributed by atoms with Gasteiger partial charge in [0.15, 0.2) is 0 Å². The Morgan fingerprint density at radius 1 is 0.923 bits per heavy atom. The molecule has 3 rings (SSSR count). The molecule has 0 spiro atoms. The van der Waals surface area contributed by atoms with E-state index in [1.807, 2.05) is 37.3 Å². The van der Waals surface area contributed by atoms with Crippen molar-refractivity contribution in [1.29, 1.82) is 0 Å². The number of nitrogens with zero attached hydrogens (tertiary/aromatic N) is 2. The molecule has 1 atom stereocenters. The van der Waals surface area contributed by atoms with Crippen molar-refractivity contribution >= 4 is 17.5 Å². The summed E-state index contributed by atoms with van der Waals surface area (Å²) in [4.78, 5) is 8.26. The summed E-state index contributed by atoms with van der Waals surface area (Å²) in [6, 6.07) is 16.7. The van der Waals surface area contributed by atoms with Gasteiger partial charge in [-0.2, -0.15) is 18.2 Å². The van der Waals surface area contributed by atoms with Crippen LogP contribution in [0.4, 0.5) is 30.6 Å². The van der Waals surface area contributed by atoms with Gasteiger partial charge in [0.05, 0.1) is 11.3 Å². The topological polar surface area (TPSA) is 49.8 Å². The molecule has 1 aromatic heterocycles. The molecule has 1 heterocycles. The third kappa shape index (κ3) is 4.30. The summed E-state index contributed by atoms with van der Waals surface area (Å²) in [6.45, 7) is 1.98. The third-order valence-corrected chi connectivity index (χ3v) is 3.80. The van der Waals surface area contributed by atoms with Gasteiger partial charge in [0.1, 0.15) is 5.82 Å². The van der Waals surface area contributed by atoms with E-state index >= 15 is 0 Å². The first kappa shape index (κ1) is 17.7. The third-order valence-electron chi connectivity index (χ3n) is 3.80. The number of benzene rings is 2. The van der Waals surface area contributed by atoms with E-state index in [1.165, 1.54) is 24.4 Å². The van der Waals surface area contributed by atoms with E-state index in [0.29, 0.717) is 5.82 Å². The summed E-state index contributed by atoms with van der Waals surface area (Å²) < 4.78 is 39.3. The van der Waals surface area contributed by atoms with Crippen LogP contribution < -0.4 is 10.6 Å². The first-order chi connectivity index (χ1) is 12.4. The van der Waals surface area contributed by atoms with Crippen molar-refractivity contribution in [2.24, 2.45) is 0 Å². The van der Waals surface area contributed by atoms with Gasteiger partial charge >= 0.3 is 6.18 Å². The zero-order valence-corrected chi connectivity index (χ0v) is 14.0. The first-order valence-corrected chi connectivity index (χ1v) is 8.01. The molecule has 7 heteroatoms. The van der Waals surface area contributed by atoms with Crippen molar-refractivity contribution in [2.75, 3.05) is 10.6 Å². The molecular weight excluding hydrogens is 341 g/mol. The average Bonchev–Trinajstić information content (AvgIpc) is 2.62. The lowest BCUT2D eigenvalue weighted by atomic mass is 10.1. The molecule has 0 saturated carbocycles. The molecular formula is C19H17F3N4. The molecule has 26 heavy (non-hydrogen) atoms. The number of alkyl halides is 3. The Morgan fingerprint density at radius 2 is 1.62 bits per heavy atom. The van der Waals surface area contributed by atoms with Crippen molar-refractivity contribution < 1.29 is 13.2 Å². The summed E-state index contributed by atoms with van der Waals surface area (Å²) >= 11 is 0. The molecule has 0 bridgehead atoms. The maximum Gasteiger partial charge on any atom is 0.418 e. The molecule has 0 aliphatic rings. The maximum atomic E-state index is 13.1. The highest BCUT2D eigenvalue weighted by Crippen LogP contribution is 2.35. The maximum absolute atomic E-state index is 13.1. The highest BCUT2D eigenvalue weighted by Gasteiger charge is 2.33. The second kappa shape index (κ2) is 7.43. The van der Waals surface area contributed by atoms with Gasteiger partial charge < -0.3 is 10.6 Å². The van der Waals surface area contributed by atoms with Crippen molar-refractivity contribution in [3.8, 4) is 0 Å². The second-order valence-corrected chi connectivity index (χ2v) is 5.71. The Hall–Kier alpha value is -3.09. The SMILES string of the molecule is CC(Nc1ccnc(Nc2ccccc2C(F)(F)F)n1)c1ccccc1.